The van der Waals surface area contributed by atoms with E-state index in [1.165, 1.54) is 29.2 Å². The Morgan fingerprint density at radius 3 is 2.91 bits per heavy atom. The molecule has 22 heavy (non-hydrogen) atoms. The molecule has 1 amide bonds. The highest BCUT2D eigenvalue weighted by Crippen LogP contribution is 2.17. The van der Waals surface area contributed by atoms with E-state index < -0.39 is 5.91 Å². The van der Waals surface area contributed by atoms with Crippen molar-refractivity contribution in [2.75, 3.05) is 25.7 Å². The van der Waals surface area contributed by atoms with E-state index in [4.69, 9.17) is 0 Å². The summed E-state index contributed by atoms with van der Waals surface area (Å²) in [6, 6.07) is 1.19. The van der Waals surface area contributed by atoms with Crippen molar-refractivity contribution in [1.29, 1.82) is 0 Å². The summed E-state index contributed by atoms with van der Waals surface area (Å²) in [5.41, 5.74) is 0.640. The first-order chi connectivity index (χ1) is 10.5. The molecule has 2 N–H and O–H groups in total. The third-order valence-electron chi connectivity index (χ3n) is 2.55. The zero-order valence-electron chi connectivity index (χ0n) is 12.5. The van der Waals surface area contributed by atoms with Crippen LogP contribution in [0.3, 0.4) is 0 Å². The van der Waals surface area contributed by atoms with Crippen molar-refractivity contribution in [1.82, 2.24) is 19.9 Å². The summed E-state index contributed by atoms with van der Waals surface area (Å²) in [7, 11) is 3.90. The van der Waals surface area contributed by atoms with Gasteiger partial charge in [-0.1, -0.05) is 0 Å². The highest BCUT2D eigenvalue weighted by atomic mass is 32.2. The molecule has 0 aliphatic carbocycles. The van der Waals surface area contributed by atoms with Crippen molar-refractivity contribution < 1.29 is 4.79 Å². The number of hydrogen-bond acceptors (Lipinski definition) is 7. The molecule has 2 heterocycles. The smallest absolute Gasteiger partial charge is 0.276 e. The molecule has 0 aliphatic heterocycles. The molecule has 9 heteroatoms. The van der Waals surface area contributed by atoms with Gasteiger partial charge in [-0.25, -0.2) is 9.97 Å². The minimum atomic E-state index is -0.431. The van der Waals surface area contributed by atoms with Gasteiger partial charge in [-0.15, -0.1) is 11.3 Å². The Kier molecular flexibility index (Phi) is 5.69. The fraction of sp³-hybridized carbons (Fsp3) is 0.385. The molecular weight excluding hydrogens is 322 g/mol. The first-order valence-corrected chi connectivity index (χ1v) is 8.75. The normalized spacial score (nSPS) is 10.9. The van der Waals surface area contributed by atoms with Crippen LogP contribution in [0.2, 0.25) is 0 Å². The number of H-pyrrole nitrogens is 1. The molecule has 0 aromatic carbocycles. The maximum Gasteiger partial charge on any atom is 0.276 e. The van der Waals surface area contributed by atoms with Crippen molar-refractivity contribution in [3.05, 3.63) is 39.0 Å². The van der Waals surface area contributed by atoms with Crippen LogP contribution in [0.25, 0.3) is 0 Å². The number of aromatic nitrogens is 3. The van der Waals surface area contributed by atoms with Gasteiger partial charge in [-0.2, -0.15) is 11.8 Å². The Hall–Kier alpha value is -1.71. The summed E-state index contributed by atoms with van der Waals surface area (Å²) in [6.07, 6.45) is 1.90. The molecule has 118 valence electrons. The van der Waals surface area contributed by atoms with Crippen LogP contribution in [0.4, 0.5) is 5.13 Å². The van der Waals surface area contributed by atoms with Crippen molar-refractivity contribution in [3.8, 4) is 0 Å². The summed E-state index contributed by atoms with van der Waals surface area (Å²) in [6.45, 7) is 0.702. The lowest BCUT2D eigenvalue weighted by molar-refractivity contribution is 0.102. The van der Waals surface area contributed by atoms with Gasteiger partial charge in [0.05, 0.1) is 11.4 Å². The van der Waals surface area contributed by atoms with E-state index in [-0.39, 0.29) is 11.3 Å². The largest absolute Gasteiger partial charge is 0.310 e. The van der Waals surface area contributed by atoms with Crippen molar-refractivity contribution in [2.45, 2.75) is 12.3 Å². The van der Waals surface area contributed by atoms with Crippen LogP contribution in [0.15, 0.2) is 16.2 Å². The number of thiazole rings is 1. The summed E-state index contributed by atoms with van der Waals surface area (Å²) >= 11 is 2.86. The Balaban J connectivity index is 2.11. The molecule has 0 aliphatic rings. The molecule has 0 fully saturated rings. The topological polar surface area (TPSA) is 91.0 Å². The number of rotatable bonds is 6. The van der Waals surface area contributed by atoms with Crippen LogP contribution in [-0.2, 0) is 12.3 Å². The van der Waals surface area contributed by atoms with E-state index in [1.807, 2.05) is 30.6 Å². The maximum absolute atomic E-state index is 12.2. The fourth-order valence-corrected chi connectivity index (χ4v) is 2.86. The minimum absolute atomic E-state index is 0.0946. The van der Waals surface area contributed by atoms with Gasteiger partial charge in [0, 0.05) is 18.0 Å². The molecule has 2 aromatic rings. The predicted octanol–water partition coefficient (Wildman–Crippen LogP) is 1.40. The van der Waals surface area contributed by atoms with E-state index >= 15 is 0 Å². The first-order valence-electron chi connectivity index (χ1n) is 6.47. The van der Waals surface area contributed by atoms with Crippen LogP contribution < -0.4 is 10.9 Å². The second-order valence-corrected chi connectivity index (χ2v) is 6.57. The number of nitrogens with one attached hydrogen (secondary N) is 2. The standard InChI is InChI=1S/C13H17N5O2S2/c1-18(2)5-8-6-22-13(14-8)17-12(20)9-4-11(19)16-10(15-9)7-21-3/h4,6H,5,7H2,1-3H3,(H,14,17,20)(H,15,16,19). The SMILES string of the molecule is CSCc1nc(C(=O)Nc2nc(CN(C)C)cs2)cc(=O)[nH]1. The molecular formula is C13H17N5O2S2. The minimum Gasteiger partial charge on any atom is -0.310 e. The van der Waals surface area contributed by atoms with Gasteiger partial charge in [-0.05, 0) is 20.4 Å². The molecule has 0 bridgehead atoms. The van der Waals surface area contributed by atoms with E-state index in [2.05, 4.69) is 20.3 Å². The summed E-state index contributed by atoms with van der Waals surface area (Å²) in [4.78, 5) is 36.8. The number of thioether (sulfide) groups is 1. The fourth-order valence-electron chi connectivity index (χ4n) is 1.75. The molecule has 0 saturated heterocycles. The van der Waals surface area contributed by atoms with E-state index in [9.17, 15) is 9.59 Å². The summed E-state index contributed by atoms with van der Waals surface area (Å²) in [5.74, 6) is 0.595. The highest BCUT2D eigenvalue weighted by Gasteiger charge is 2.13. The Morgan fingerprint density at radius 1 is 1.45 bits per heavy atom. The van der Waals surface area contributed by atoms with Crippen molar-refractivity contribution in [2.24, 2.45) is 0 Å². The van der Waals surface area contributed by atoms with Crippen LogP contribution >= 0.6 is 23.1 Å². The van der Waals surface area contributed by atoms with Gasteiger partial charge >= 0.3 is 0 Å². The lowest BCUT2D eigenvalue weighted by Gasteiger charge is -2.05. The number of nitrogens with zero attached hydrogens (tertiary/aromatic N) is 3. The lowest BCUT2D eigenvalue weighted by atomic mass is 10.4. The third kappa shape index (κ3) is 4.65. The van der Waals surface area contributed by atoms with Crippen molar-refractivity contribution in [3.63, 3.8) is 0 Å². The Bertz CT molecular complexity index is 710. The second kappa shape index (κ2) is 7.52. The van der Waals surface area contributed by atoms with Crippen LogP contribution in [0.5, 0.6) is 0 Å². The molecule has 0 spiro atoms. The maximum atomic E-state index is 12.2. The Labute approximate surface area is 136 Å². The molecule has 0 saturated carbocycles. The highest BCUT2D eigenvalue weighted by molar-refractivity contribution is 7.97. The van der Waals surface area contributed by atoms with Gasteiger partial charge in [0.25, 0.3) is 11.5 Å². The summed E-state index contributed by atoms with van der Waals surface area (Å²) < 4.78 is 0. The third-order valence-corrected chi connectivity index (χ3v) is 3.92. The molecule has 0 radical (unpaired) electrons. The Morgan fingerprint density at radius 2 is 2.23 bits per heavy atom. The molecule has 7 nitrogen and oxygen atoms in total. The lowest BCUT2D eigenvalue weighted by Crippen LogP contribution is -2.20. The summed E-state index contributed by atoms with van der Waals surface area (Å²) in [5, 5.41) is 5.06. The molecule has 2 aromatic heterocycles. The van der Waals surface area contributed by atoms with Gasteiger partial charge in [0.2, 0.25) is 0 Å². The second-order valence-electron chi connectivity index (χ2n) is 4.85. The number of hydrogen-bond donors (Lipinski definition) is 2. The number of carbonyl (C=O) groups is 1. The zero-order chi connectivity index (χ0) is 16.1. The molecule has 0 atom stereocenters. The first kappa shape index (κ1) is 16.7. The number of anilines is 1. The van der Waals surface area contributed by atoms with E-state index in [0.29, 0.717) is 23.3 Å². The number of amides is 1. The zero-order valence-corrected chi connectivity index (χ0v) is 14.2. The molecule has 0 unspecified atom stereocenters. The van der Waals surface area contributed by atoms with Crippen LogP contribution in [0.1, 0.15) is 22.0 Å². The average Bonchev–Trinajstić information content (AvgIpc) is 2.84. The quantitative estimate of drug-likeness (QED) is 0.827. The molecule has 2 rings (SSSR count). The predicted molar refractivity (Wildman–Crippen MR) is 89.5 cm³/mol. The van der Waals surface area contributed by atoms with Gasteiger partial charge < -0.3 is 9.88 Å². The van der Waals surface area contributed by atoms with Gasteiger partial charge in [0.15, 0.2) is 5.13 Å². The number of aromatic amines is 1. The van der Waals surface area contributed by atoms with E-state index in [1.54, 1.807) is 0 Å². The number of carbonyl (C=O) groups excluding carboxylic acids is 1. The van der Waals surface area contributed by atoms with Crippen LogP contribution in [-0.4, -0.2) is 46.1 Å². The van der Waals surface area contributed by atoms with Crippen molar-refractivity contribution >= 4 is 34.1 Å². The average molecular weight is 339 g/mol. The van der Waals surface area contributed by atoms with E-state index in [0.717, 1.165) is 5.69 Å². The van der Waals surface area contributed by atoms with Gasteiger partial charge in [0.1, 0.15) is 11.5 Å². The monoisotopic (exact) mass is 339 g/mol. The van der Waals surface area contributed by atoms with Gasteiger partial charge in [-0.3, -0.25) is 14.9 Å². The van der Waals surface area contributed by atoms with Crippen LogP contribution in [0, 0.1) is 0 Å².